The second kappa shape index (κ2) is 12.9. The van der Waals surface area contributed by atoms with Gasteiger partial charge in [0, 0.05) is 0 Å². The molecular weight excluding hydrogens is 619 g/mol. The molecule has 0 amide bonds. The third kappa shape index (κ3) is 5.67. The Morgan fingerprint density at radius 1 is 0.951 bits per heavy atom. The molecule has 2 aromatic rings. The summed E-state index contributed by atoms with van der Waals surface area (Å²) in [4.78, 5) is 0. The zero-order valence-corrected chi connectivity index (χ0v) is 31.2. The van der Waals surface area contributed by atoms with Crippen LogP contribution in [0.15, 0.2) is 77.4 Å². The number of benzene rings is 1. The van der Waals surface area contributed by atoms with Crippen molar-refractivity contribution in [1.29, 1.82) is 0 Å². The van der Waals surface area contributed by atoms with Gasteiger partial charge in [0.25, 0.3) is 0 Å². The minimum absolute atomic E-state index is 0. The molecule has 0 aromatic heterocycles. The van der Waals surface area contributed by atoms with Crippen LogP contribution in [-0.4, -0.2) is 3.21 Å². The molecule has 41 heavy (non-hydrogen) atoms. The van der Waals surface area contributed by atoms with E-state index in [1.165, 1.54) is 32.7 Å². The second-order valence-electron chi connectivity index (χ2n) is 14.2. The molecule has 2 atom stereocenters. The standard InChI is InChI=1S/C29H37.C6H7.C3H6.2ClH.Zr/c1-18-25-22-17-19-13-9-10-14-20(19)24(22)21-15-11-12-16-23(21)29(25,8)28(6,7)27(4,5)26(18,2)3;1-6-4-2-3-5-6;1-3-2;;;/h9-11,13-15,23H,12,16-17H2,1-8H3;2-5H,1H3;1-2H3;2*1H;/q2*-1;;;;+2/p-2. The van der Waals surface area contributed by atoms with Gasteiger partial charge in [0.05, 0.1) is 0 Å². The van der Waals surface area contributed by atoms with Gasteiger partial charge in [0.15, 0.2) is 0 Å². The van der Waals surface area contributed by atoms with Crippen LogP contribution in [0, 0.1) is 40.4 Å². The van der Waals surface area contributed by atoms with E-state index in [4.69, 9.17) is 0 Å². The molecule has 0 nitrogen and oxygen atoms in total. The summed E-state index contributed by atoms with van der Waals surface area (Å²) in [5.74, 6) is 2.24. The van der Waals surface area contributed by atoms with Crippen molar-refractivity contribution in [2.45, 2.75) is 95.4 Å². The Morgan fingerprint density at radius 3 is 2.10 bits per heavy atom. The van der Waals surface area contributed by atoms with Crippen LogP contribution in [0.1, 0.15) is 98.8 Å². The molecule has 6 rings (SSSR count). The van der Waals surface area contributed by atoms with Crippen LogP contribution in [0.2, 0.25) is 0 Å². The average molecular weight is 669 g/mol. The summed E-state index contributed by atoms with van der Waals surface area (Å²) >= 11 is 1.55. The Balaban J connectivity index is 0.000000420. The van der Waals surface area contributed by atoms with Crippen molar-refractivity contribution >= 4 is 8.78 Å². The van der Waals surface area contributed by atoms with Crippen LogP contribution in [-0.2, 0) is 30.7 Å². The van der Waals surface area contributed by atoms with Gasteiger partial charge in [-0.1, -0.05) is 120 Å². The summed E-state index contributed by atoms with van der Waals surface area (Å²) in [6.07, 6.45) is 8.50. The topological polar surface area (TPSA) is 0 Å². The van der Waals surface area contributed by atoms with Crippen LogP contribution < -0.4 is 24.8 Å². The number of hydrogen-bond donors (Lipinski definition) is 0. The van der Waals surface area contributed by atoms with Gasteiger partial charge in [-0.25, -0.2) is 17.5 Å². The van der Waals surface area contributed by atoms with Crippen molar-refractivity contribution in [2.24, 2.45) is 27.6 Å². The van der Waals surface area contributed by atoms with Crippen molar-refractivity contribution < 1.29 is 49.0 Å². The van der Waals surface area contributed by atoms with Crippen LogP contribution in [0.5, 0.6) is 0 Å². The van der Waals surface area contributed by atoms with E-state index in [0.29, 0.717) is 5.92 Å². The molecule has 0 N–H and O–H groups in total. The summed E-state index contributed by atoms with van der Waals surface area (Å²) in [7, 11) is 0. The third-order valence-corrected chi connectivity index (χ3v) is 11.6. The maximum Gasteiger partial charge on any atom is -0.0961 e. The van der Waals surface area contributed by atoms with Crippen molar-refractivity contribution in [3.8, 4) is 0 Å². The van der Waals surface area contributed by atoms with Crippen molar-refractivity contribution in [1.82, 2.24) is 0 Å². The Morgan fingerprint density at radius 2 is 1.56 bits per heavy atom. The van der Waals surface area contributed by atoms with Gasteiger partial charge in [-0.05, 0) is 40.6 Å². The van der Waals surface area contributed by atoms with Gasteiger partial charge in [-0.2, -0.15) is 29.3 Å². The predicted molar refractivity (Wildman–Crippen MR) is 167 cm³/mol. The van der Waals surface area contributed by atoms with Crippen LogP contribution >= 0.6 is 0 Å². The molecule has 0 saturated heterocycles. The van der Waals surface area contributed by atoms with E-state index in [-0.39, 0.29) is 46.5 Å². The van der Waals surface area contributed by atoms with Gasteiger partial charge < -0.3 is 24.8 Å². The molecule has 3 heteroatoms. The van der Waals surface area contributed by atoms with Crippen molar-refractivity contribution in [2.75, 3.05) is 0 Å². The maximum absolute atomic E-state index is 2.62. The summed E-state index contributed by atoms with van der Waals surface area (Å²) in [6, 6.07) is 17.4. The minimum atomic E-state index is 0. The number of halogens is 2. The molecule has 0 aliphatic heterocycles. The maximum atomic E-state index is 2.62. The summed E-state index contributed by atoms with van der Waals surface area (Å²) in [6.45, 7) is 26.6. The molecular formula is C38H50Cl2Zr-2. The summed E-state index contributed by atoms with van der Waals surface area (Å²) in [5.41, 5.74) is 11.6. The van der Waals surface area contributed by atoms with E-state index in [1.54, 1.807) is 52.4 Å². The molecule has 4 aliphatic carbocycles. The zero-order valence-electron chi connectivity index (χ0n) is 27.2. The molecule has 1 fully saturated rings. The summed E-state index contributed by atoms with van der Waals surface area (Å²) in [5, 5.41) is 0. The zero-order chi connectivity index (χ0) is 29.0. The molecule has 0 radical (unpaired) electrons. The predicted octanol–water partition coefficient (Wildman–Crippen LogP) is 4.43. The number of rotatable bonds is 0. The first-order valence-electron chi connectivity index (χ1n) is 14.9. The molecule has 0 bridgehead atoms. The van der Waals surface area contributed by atoms with Crippen LogP contribution in [0.4, 0.5) is 0 Å². The number of fused-ring (bicyclic) bond motifs is 6. The monoisotopic (exact) mass is 666 g/mol. The van der Waals surface area contributed by atoms with Crippen LogP contribution in [0.25, 0.3) is 5.57 Å². The van der Waals surface area contributed by atoms with Crippen molar-refractivity contribution in [3.63, 3.8) is 0 Å². The van der Waals surface area contributed by atoms with E-state index in [2.05, 4.69) is 125 Å². The first-order chi connectivity index (χ1) is 18.1. The molecule has 0 heterocycles. The van der Waals surface area contributed by atoms with E-state index < -0.39 is 0 Å². The fraction of sp³-hybridized carbons (Fsp3) is 0.500. The van der Waals surface area contributed by atoms with Crippen molar-refractivity contribution in [3.05, 3.63) is 100 Å². The van der Waals surface area contributed by atoms with Gasteiger partial charge in [-0.15, -0.1) is 6.92 Å². The van der Waals surface area contributed by atoms with E-state index >= 15 is 0 Å². The Labute approximate surface area is 279 Å². The molecule has 222 valence electrons. The fourth-order valence-electron chi connectivity index (χ4n) is 8.04. The van der Waals surface area contributed by atoms with Gasteiger partial charge in [-0.3, -0.25) is 0 Å². The van der Waals surface area contributed by atoms with E-state index in [0.717, 1.165) is 6.42 Å². The second-order valence-corrected chi connectivity index (χ2v) is 16.7. The fourth-order valence-corrected chi connectivity index (χ4v) is 8.04. The third-order valence-electron chi connectivity index (χ3n) is 11.6. The number of hydrogen-bond acceptors (Lipinski definition) is 0. The number of aryl methyl sites for hydroxylation is 1. The quantitative estimate of drug-likeness (QED) is 0.365. The van der Waals surface area contributed by atoms with E-state index in [9.17, 15) is 0 Å². The first-order valence-corrected chi connectivity index (χ1v) is 16.1. The Kier molecular flexibility index (Phi) is 11.4. The SMILES string of the molecule is C[C-]1C2=C3Cc4ccccc4C3=C3C=CCCC3C2(C)C(C)(C)C(C)(C)C1(C)C.C[C](C)=[Zr+2].Cc1cc[cH-]c1.[Cl-].[Cl-]. The first kappa shape index (κ1) is 36.2. The largest absolute Gasteiger partial charge is 1.00 e. The number of allylic oxidation sites excluding steroid dienone is 6. The van der Waals surface area contributed by atoms with Gasteiger partial charge in [0.2, 0.25) is 0 Å². The normalized spacial score (nSPS) is 25.5. The Bertz CT molecular complexity index is 1330. The average Bonchev–Trinajstić information content (AvgIpc) is 3.49. The van der Waals surface area contributed by atoms with Crippen LogP contribution in [0.3, 0.4) is 0 Å². The molecule has 0 spiro atoms. The Hall–Kier alpha value is -1.01. The van der Waals surface area contributed by atoms with Gasteiger partial charge in [0.1, 0.15) is 0 Å². The smallest absolute Gasteiger partial charge is 0.0961 e. The van der Waals surface area contributed by atoms with E-state index in [1.807, 2.05) is 12.1 Å². The minimum Gasteiger partial charge on any atom is -1.00 e. The molecule has 4 aliphatic rings. The summed E-state index contributed by atoms with van der Waals surface area (Å²) < 4.78 is 1.51. The molecule has 2 aromatic carbocycles. The molecule has 1 saturated carbocycles. The van der Waals surface area contributed by atoms with Gasteiger partial charge >= 0.3 is 41.3 Å². The molecule has 2 unspecified atom stereocenters.